The number of hydrazone groups is 1. The third-order valence-corrected chi connectivity index (χ3v) is 7.60. The molecule has 1 aliphatic rings. The molecule has 1 aliphatic heterocycles. The number of allylic oxidation sites excluding steroid dienone is 1. The lowest BCUT2D eigenvalue weighted by Gasteiger charge is -2.25. The van der Waals surface area contributed by atoms with E-state index in [2.05, 4.69) is 34.5 Å². The maximum absolute atomic E-state index is 12.7. The second kappa shape index (κ2) is 14.0. The summed E-state index contributed by atoms with van der Waals surface area (Å²) >= 11 is 0. The Morgan fingerprint density at radius 1 is 0.952 bits per heavy atom. The molecule has 4 aromatic rings. The lowest BCUT2D eigenvalue weighted by Crippen LogP contribution is -2.31. The van der Waals surface area contributed by atoms with Crippen molar-refractivity contribution in [1.29, 1.82) is 0 Å². The molecule has 0 fully saturated rings. The number of ether oxygens (including phenoxy) is 1. The molecule has 3 atom stereocenters. The minimum absolute atomic E-state index is 0.00604. The van der Waals surface area contributed by atoms with Crippen molar-refractivity contribution in [2.75, 3.05) is 18.7 Å². The lowest BCUT2D eigenvalue weighted by molar-refractivity contribution is -0.118. The van der Waals surface area contributed by atoms with Crippen LogP contribution in [0.5, 0.6) is 0 Å². The molecule has 0 aliphatic carbocycles. The number of aryl methyl sites for hydroxylation is 1. The minimum atomic E-state index is -0.185. The molecule has 216 valence electrons. The molecule has 1 unspecified atom stereocenters. The number of aliphatic hydroxyl groups is 1. The second-order valence-corrected chi connectivity index (χ2v) is 10.5. The van der Waals surface area contributed by atoms with Crippen molar-refractivity contribution < 1.29 is 14.6 Å². The number of aromatic nitrogens is 3. The predicted molar refractivity (Wildman–Crippen MR) is 164 cm³/mol. The molecule has 0 saturated heterocycles. The Bertz CT molecular complexity index is 1500. The van der Waals surface area contributed by atoms with Crippen LogP contribution in [0, 0.1) is 5.92 Å². The van der Waals surface area contributed by atoms with Gasteiger partial charge in [0.2, 0.25) is 5.91 Å². The van der Waals surface area contributed by atoms with E-state index in [0.29, 0.717) is 19.4 Å². The molecule has 8 nitrogen and oxygen atoms in total. The van der Waals surface area contributed by atoms with Crippen molar-refractivity contribution in [2.24, 2.45) is 11.0 Å². The highest BCUT2D eigenvalue weighted by Gasteiger charge is 2.24. The van der Waals surface area contributed by atoms with Gasteiger partial charge in [0, 0.05) is 38.6 Å². The van der Waals surface area contributed by atoms with E-state index in [4.69, 9.17) is 4.74 Å². The van der Waals surface area contributed by atoms with Gasteiger partial charge in [-0.25, -0.2) is 5.01 Å². The Balaban J connectivity index is 1.18. The summed E-state index contributed by atoms with van der Waals surface area (Å²) in [4.78, 5) is 12.7. The number of carbonyl (C=O) groups excluding carboxylic acids is 1. The number of amides is 1. The van der Waals surface area contributed by atoms with Crippen LogP contribution in [-0.4, -0.2) is 45.4 Å². The largest absolute Gasteiger partial charge is 0.395 e. The summed E-state index contributed by atoms with van der Waals surface area (Å²) in [6.45, 7) is 2.79. The zero-order chi connectivity index (χ0) is 29.3. The molecule has 2 heterocycles. The SMILES string of the molecule is CO[C@@H](c1ccc(N2N=C(c3ccccc3)CCC2=O)cc1)[C@@H](C)/C=C/CCn1cc(C(CO)c2ccccc2)nn1. The van der Waals surface area contributed by atoms with E-state index in [1.165, 1.54) is 5.01 Å². The topological polar surface area (TPSA) is 92.8 Å². The second-order valence-electron chi connectivity index (χ2n) is 10.5. The summed E-state index contributed by atoms with van der Waals surface area (Å²) in [5.74, 6) is -0.0630. The van der Waals surface area contributed by atoms with E-state index in [1.807, 2.05) is 95.8 Å². The first-order valence-electron chi connectivity index (χ1n) is 14.4. The van der Waals surface area contributed by atoms with E-state index >= 15 is 0 Å². The average Bonchev–Trinajstić information content (AvgIpc) is 3.50. The quantitative estimate of drug-likeness (QED) is 0.217. The fourth-order valence-electron chi connectivity index (χ4n) is 5.31. The van der Waals surface area contributed by atoms with Gasteiger partial charge in [0.1, 0.15) is 0 Å². The molecule has 42 heavy (non-hydrogen) atoms. The Kier molecular flexibility index (Phi) is 9.69. The van der Waals surface area contributed by atoms with E-state index in [9.17, 15) is 9.90 Å². The zero-order valence-electron chi connectivity index (χ0n) is 24.1. The summed E-state index contributed by atoms with van der Waals surface area (Å²) < 4.78 is 7.68. The minimum Gasteiger partial charge on any atom is -0.395 e. The molecule has 1 amide bonds. The van der Waals surface area contributed by atoms with Crippen molar-refractivity contribution in [1.82, 2.24) is 15.0 Å². The highest BCUT2D eigenvalue weighted by molar-refractivity contribution is 6.08. The van der Waals surface area contributed by atoms with E-state index in [-0.39, 0.29) is 30.5 Å². The molecule has 1 N–H and O–H groups in total. The summed E-state index contributed by atoms with van der Waals surface area (Å²) in [5, 5.41) is 24.7. The van der Waals surface area contributed by atoms with Gasteiger partial charge in [0.05, 0.1) is 35.7 Å². The van der Waals surface area contributed by atoms with Crippen LogP contribution in [0.4, 0.5) is 5.69 Å². The van der Waals surface area contributed by atoms with Gasteiger partial charge in [-0.05, 0) is 35.2 Å². The number of aliphatic hydroxyl groups excluding tert-OH is 1. The Hall–Kier alpha value is -4.40. The number of rotatable bonds is 12. The maximum atomic E-state index is 12.7. The Morgan fingerprint density at radius 3 is 2.36 bits per heavy atom. The van der Waals surface area contributed by atoms with Gasteiger partial charge < -0.3 is 9.84 Å². The molecular weight excluding hydrogens is 526 g/mol. The van der Waals surface area contributed by atoms with Crippen molar-refractivity contribution in [2.45, 2.75) is 44.8 Å². The summed E-state index contributed by atoms with van der Waals surface area (Å²) in [5.41, 5.74) is 5.52. The number of hydrogen-bond acceptors (Lipinski definition) is 6. The zero-order valence-corrected chi connectivity index (χ0v) is 24.1. The Morgan fingerprint density at radius 2 is 1.67 bits per heavy atom. The number of methoxy groups -OCH3 is 1. The number of carbonyl (C=O) groups is 1. The van der Waals surface area contributed by atoms with E-state index in [1.54, 1.807) is 7.11 Å². The van der Waals surface area contributed by atoms with Crippen LogP contribution in [0.3, 0.4) is 0 Å². The van der Waals surface area contributed by atoms with Gasteiger partial charge in [0.25, 0.3) is 0 Å². The first-order valence-corrected chi connectivity index (χ1v) is 14.4. The van der Waals surface area contributed by atoms with Crippen molar-refractivity contribution in [3.8, 4) is 0 Å². The number of nitrogens with zero attached hydrogens (tertiary/aromatic N) is 5. The maximum Gasteiger partial charge on any atom is 0.247 e. The monoisotopic (exact) mass is 563 g/mol. The number of benzene rings is 3. The van der Waals surface area contributed by atoms with E-state index in [0.717, 1.165) is 40.2 Å². The van der Waals surface area contributed by atoms with Crippen LogP contribution >= 0.6 is 0 Å². The fourth-order valence-corrected chi connectivity index (χ4v) is 5.31. The third kappa shape index (κ3) is 6.90. The summed E-state index contributed by atoms with van der Waals surface area (Å²) in [6, 6.07) is 27.7. The van der Waals surface area contributed by atoms with Crippen LogP contribution in [0.1, 0.15) is 60.6 Å². The van der Waals surface area contributed by atoms with Gasteiger partial charge >= 0.3 is 0 Å². The smallest absolute Gasteiger partial charge is 0.247 e. The molecule has 0 spiro atoms. The molecule has 0 saturated carbocycles. The van der Waals surface area contributed by atoms with Gasteiger partial charge in [0.15, 0.2) is 0 Å². The standard InChI is InChI=1S/C34H37N5O3/c1-25(11-9-10-22-38-23-32(35-37-38)30(24-40)26-12-5-3-6-13-26)34(42-2)28-16-18-29(19-17-28)39-33(41)21-20-31(36-39)27-14-7-4-8-15-27/h3-9,11-19,23,25,30,34,40H,10,20-22,24H2,1-2H3/b11-9+/t25-,30?,34+/m0/s1. The van der Waals surface area contributed by atoms with Gasteiger partial charge in [-0.3, -0.25) is 9.48 Å². The first-order chi connectivity index (χ1) is 20.6. The summed E-state index contributed by atoms with van der Waals surface area (Å²) in [6.07, 6.45) is 7.93. The molecule has 5 rings (SSSR count). The van der Waals surface area contributed by atoms with Gasteiger partial charge in [-0.2, -0.15) is 5.10 Å². The van der Waals surface area contributed by atoms with Crippen LogP contribution in [0.2, 0.25) is 0 Å². The molecule has 1 aromatic heterocycles. The molecule has 0 radical (unpaired) electrons. The molecule has 8 heteroatoms. The molecular formula is C34H37N5O3. The van der Waals surface area contributed by atoms with Crippen molar-refractivity contribution in [3.63, 3.8) is 0 Å². The van der Waals surface area contributed by atoms with Gasteiger partial charge in [-0.15, -0.1) is 5.10 Å². The van der Waals surface area contributed by atoms with Gasteiger partial charge in [-0.1, -0.05) is 97.1 Å². The molecule has 3 aromatic carbocycles. The summed E-state index contributed by atoms with van der Waals surface area (Å²) in [7, 11) is 1.72. The number of hydrogen-bond donors (Lipinski definition) is 1. The van der Waals surface area contributed by atoms with Crippen molar-refractivity contribution in [3.05, 3.63) is 126 Å². The van der Waals surface area contributed by atoms with Crippen LogP contribution < -0.4 is 5.01 Å². The average molecular weight is 564 g/mol. The predicted octanol–water partition coefficient (Wildman–Crippen LogP) is 5.90. The van der Waals surface area contributed by atoms with Crippen LogP contribution in [-0.2, 0) is 16.1 Å². The highest BCUT2D eigenvalue weighted by Crippen LogP contribution is 2.30. The lowest BCUT2D eigenvalue weighted by atomic mass is 9.96. The Labute approximate surface area is 247 Å². The van der Waals surface area contributed by atoms with Crippen molar-refractivity contribution >= 4 is 17.3 Å². The number of anilines is 1. The first kappa shape index (κ1) is 29.1. The van der Waals surface area contributed by atoms with Crippen LogP contribution in [0.15, 0.2) is 108 Å². The third-order valence-electron chi connectivity index (χ3n) is 7.60. The normalized spacial score (nSPS) is 15.9. The van der Waals surface area contributed by atoms with Crippen LogP contribution in [0.25, 0.3) is 0 Å². The highest BCUT2D eigenvalue weighted by atomic mass is 16.5. The molecule has 0 bridgehead atoms. The van der Waals surface area contributed by atoms with E-state index < -0.39 is 0 Å². The fraction of sp³-hybridized carbons (Fsp3) is 0.294.